The van der Waals surface area contributed by atoms with E-state index in [4.69, 9.17) is 24.7 Å². The van der Waals surface area contributed by atoms with Crippen LogP contribution in [0.25, 0.3) is 0 Å². The summed E-state index contributed by atoms with van der Waals surface area (Å²) < 4.78 is 21.5. The number of hydrogen-bond donors (Lipinski definition) is 6. The fourth-order valence-corrected chi connectivity index (χ4v) is 8.71. The number of aromatic nitrogens is 3. The Morgan fingerprint density at radius 3 is 1.46 bits per heavy atom. The van der Waals surface area contributed by atoms with Crippen molar-refractivity contribution in [2.75, 3.05) is 5.73 Å². The number of nitro groups is 3. The molecule has 2 aliphatic rings. The second kappa shape index (κ2) is 29.9. The van der Waals surface area contributed by atoms with Gasteiger partial charge in [0.1, 0.15) is 22.6 Å². The van der Waals surface area contributed by atoms with E-state index in [2.05, 4.69) is 15.3 Å². The van der Waals surface area contributed by atoms with Crippen molar-refractivity contribution in [2.24, 2.45) is 0 Å². The molecule has 0 radical (unpaired) electrons. The standard InChI is InChI=1S/C14H22N2O6.C14H22N2O5.C9H12N2O3.C9H14N2O2.C9H13NO/c1-7-10-8(2)15(18)9(3)11(16(19)20)12(10)21-13(17)22-14(4,5)6;1-7-10-8(2)15-9(3)11(16(18)19)12(10)20-13(17)21-14(4,5)6;1-4-7-5(2)10-6(3)8(9(7)12)11(13)14;1-4-7-5(2)11(13)6(3)8(10)9(7)12;1-4-8-7(3)10-6(2)5-9(8)11/h12,15H,7H2,1-6H3;12,15H,7H2,1-6H3;4H2,1-3H3,(H,10,12);13H,4,10H2,1-3H3;5H,4H2,1-3H3,(H,10,11). The summed E-state index contributed by atoms with van der Waals surface area (Å²) in [5.74, 6) is 0. The number of quaternary nitrogens is 1. The summed E-state index contributed by atoms with van der Waals surface area (Å²) in [4.78, 5) is 95.4. The highest BCUT2D eigenvalue weighted by atomic mass is 16.7. The Labute approximate surface area is 471 Å². The number of allylic oxidation sites excluding steroid dienone is 4. The molecular formula is C55H83N9O17. The van der Waals surface area contributed by atoms with Crippen LogP contribution < -0.4 is 32.4 Å². The number of nitrogens with two attached hydrogens (primary N) is 1. The topological polar surface area (TPSA) is 374 Å². The lowest BCUT2D eigenvalue weighted by Crippen LogP contribution is -3.04. The number of carbonyl (C=O) groups is 2. The highest BCUT2D eigenvalue weighted by Crippen LogP contribution is 2.30. The first-order valence-electron chi connectivity index (χ1n) is 26.2. The van der Waals surface area contributed by atoms with Crippen molar-refractivity contribution in [3.63, 3.8) is 0 Å². The van der Waals surface area contributed by atoms with Crippen molar-refractivity contribution in [2.45, 2.75) is 201 Å². The molecular weight excluding hydrogens is 1060 g/mol. The second-order valence-electron chi connectivity index (χ2n) is 20.9. The fourth-order valence-electron chi connectivity index (χ4n) is 8.71. The maximum Gasteiger partial charge on any atom is 0.509 e. The molecule has 2 aliphatic heterocycles. The summed E-state index contributed by atoms with van der Waals surface area (Å²) >= 11 is 0. The maximum atomic E-state index is 12.1. The molecule has 7 N–H and O–H groups in total. The lowest BCUT2D eigenvalue weighted by Gasteiger charge is -2.32. The summed E-state index contributed by atoms with van der Waals surface area (Å²) in [6.07, 6.45) is -1.38. The molecule has 0 amide bonds. The van der Waals surface area contributed by atoms with Gasteiger partial charge in [0.25, 0.3) is 5.43 Å². The molecule has 81 heavy (non-hydrogen) atoms. The molecule has 450 valence electrons. The highest BCUT2D eigenvalue weighted by Gasteiger charge is 2.44. The van der Waals surface area contributed by atoms with Crippen molar-refractivity contribution >= 4 is 23.7 Å². The zero-order valence-corrected chi connectivity index (χ0v) is 50.6. The van der Waals surface area contributed by atoms with Crippen LogP contribution in [0.3, 0.4) is 0 Å². The molecule has 3 unspecified atom stereocenters. The number of dihydropyridines is 1. The Balaban J connectivity index is 0.000000518. The summed E-state index contributed by atoms with van der Waals surface area (Å²) in [6.45, 7) is 36.1. The van der Waals surface area contributed by atoms with Gasteiger partial charge in [-0.25, -0.2) is 9.59 Å². The third-order valence-corrected chi connectivity index (χ3v) is 12.7. The normalized spacial score (nSPS) is 16.0. The molecule has 5 rings (SSSR count). The third-order valence-electron chi connectivity index (χ3n) is 12.7. The number of carbonyl (C=O) groups excluding carboxylic acids is 2. The number of pyridine rings is 3. The predicted octanol–water partition coefficient (Wildman–Crippen LogP) is 8.86. The van der Waals surface area contributed by atoms with E-state index in [9.17, 15) is 64.7 Å². The van der Waals surface area contributed by atoms with Crippen LogP contribution in [0.1, 0.15) is 168 Å². The van der Waals surface area contributed by atoms with E-state index in [1.165, 1.54) is 13.8 Å². The molecule has 0 aromatic carbocycles. The van der Waals surface area contributed by atoms with Crippen LogP contribution in [0.5, 0.6) is 0 Å². The molecule has 0 aliphatic carbocycles. The zero-order chi connectivity index (χ0) is 63.1. The van der Waals surface area contributed by atoms with Gasteiger partial charge in [-0.2, -0.15) is 4.73 Å². The van der Waals surface area contributed by atoms with Gasteiger partial charge in [0.2, 0.25) is 17.6 Å². The van der Waals surface area contributed by atoms with E-state index in [1.54, 1.807) is 103 Å². The minimum Gasteiger partial charge on any atom is -0.624 e. The molecule has 26 nitrogen and oxygen atoms in total. The minimum absolute atomic E-state index is 0.0201. The average Bonchev–Trinajstić information content (AvgIpc) is 3.31. The van der Waals surface area contributed by atoms with Gasteiger partial charge in [-0.05, 0) is 135 Å². The molecule has 0 bridgehead atoms. The van der Waals surface area contributed by atoms with Crippen LogP contribution in [-0.2, 0) is 38.2 Å². The first-order chi connectivity index (χ1) is 37.2. The largest absolute Gasteiger partial charge is 0.624 e. The van der Waals surface area contributed by atoms with Gasteiger partial charge in [0.05, 0.1) is 37.5 Å². The van der Waals surface area contributed by atoms with Gasteiger partial charge in [0.15, 0.2) is 11.1 Å². The number of nitrogens with one attached hydrogen (secondary N) is 4. The number of anilines is 1. The van der Waals surface area contributed by atoms with Crippen molar-refractivity contribution in [1.82, 2.24) is 20.0 Å². The van der Waals surface area contributed by atoms with Crippen LogP contribution in [0.2, 0.25) is 0 Å². The van der Waals surface area contributed by atoms with Gasteiger partial charge in [-0.3, -0.25) is 44.7 Å². The number of H-pyrrole nitrogens is 2. The highest BCUT2D eigenvalue weighted by molar-refractivity contribution is 5.62. The second-order valence-corrected chi connectivity index (χ2v) is 20.9. The van der Waals surface area contributed by atoms with Crippen LogP contribution in [0, 0.1) is 77.1 Å². The molecule has 3 aromatic rings. The Bertz CT molecular complexity index is 3170. The zero-order valence-electron chi connectivity index (χ0n) is 50.6. The van der Waals surface area contributed by atoms with Gasteiger partial charge in [-0.1, -0.05) is 34.6 Å². The Morgan fingerprint density at radius 1 is 0.617 bits per heavy atom. The summed E-state index contributed by atoms with van der Waals surface area (Å²) in [7, 11) is 0. The maximum absolute atomic E-state index is 12.1. The number of hydrogen-bond acceptors (Lipinski definition) is 19. The first kappa shape index (κ1) is 70.9. The third kappa shape index (κ3) is 19.0. The number of aromatic amines is 2. The Hall–Kier alpha value is -8.13. The van der Waals surface area contributed by atoms with Gasteiger partial charge < -0.3 is 55.4 Å². The molecule has 0 saturated carbocycles. The summed E-state index contributed by atoms with van der Waals surface area (Å²) in [5, 5.41) is 57.3. The van der Waals surface area contributed by atoms with Crippen LogP contribution in [0.15, 0.2) is 65.8 Å². The van der Waals surface area contributed by atoms with E-state index >= 15 is 0 Å². The monoisotopic (exact) mass is 1140 g/mol. The van der Waals surface area contributed by atoms with Crippen molar-refractivity contribution < 1.29 is 53.6 Å². The van der Waals surface area contributed by atoms with E-state index in [-0.39, 0.29) is 33.6 Å². The number of aryl methyl sites for hydroxylation is 4. The Kier molecular flexibility index (Phi) is 26.2. The smallest absolute Gasteiger partial charge is 0.509 e. The predicted molar refractivity (Wildman–Crippen MR) is 305 cm³/mol. The van der Waals surface area contributed by atoms with E-state index < -0.39 is 66.7 Å². The van der Waals surface area contributed by atoms with Gasteiger partial charge in [0, 0.05) is 65.0 Å². The van der Waals surface area contributed by atoms with Crippen LogP contribution in [-0.4, -0.2) is 70.4 Å². The quantitative estimate of drug-likeness (QED) is 0.0363. The summed E-state index contributed by atoms with van der Waals surface area (Å²) in [6, 6.07) is 1.64. The SMILES string of the molecule is CCC1=C(C)NC(C)=C([N+](=O)[O-])C1OC(=O)OC(C)(C)C.CCC1=C(C)[NH+]([O-])C(C)=C([N+](=O)[O-])C1OC(=O)OC(C)(C)C.CCc1c(C)[nH]c(C)c([N+](=O)[O-])c1=O.CCc1c(C)[nH]c(C)cc1=O.CCc1c(C)n(O)c(C)c(N)c1=O. The molecule has 3 aromatic heterocycles. The summed E-state index contributed by atoms with van der Waals surface area (Å²) in [5.41, 5.74) is 11.2. The molecule has 0 fully saturated rings. The number of hydroxylamine groups is 2. The number of nitrogens with zero attached hydrogens (tertiary/aromatic N) is 4. The lowest BCUT2D eigenvalue weighted by atomic mass is 9.97. The van der Waals surface area contributed by atoms with Crippen LogP contribution >= 0.6 is 0 Å². The van der Waals surface area contributed by atoms with Gasteiger partial charge in [-0.15, -0.1) is 0 Å². The molecule has 26 heteroatoms. The van der Waals surface area contributed by atoms with Crippen molar-refractivity contribution in [1.29, 1.82) is 0 Å². The van der Waals surface area contributed by atoms with Crippen molar-refractivity contribution in [3.8, 4) is 0 Å². The molecule has 0 saturated heterocycles. The molecule has 3 atom stereocenters. The average molecular weight is 1140 g/mol. The van der Waals surface area contributed by atoms with Crippen LogP contribution in [0.4, 0.5) is 21.0 Å². The first-order valence-corrected chi connectivity index (χ1v) is 26.2. The number of ether oxygens (including phenoxy) is 4. The van der Waals surface area contributed by atoms with Gasteiger partial charge >= 0.3 is 29.4 Å². The van der Waals surface area contributed by atoms with Crippen molar-refractivity contribution in [3.05, 3.63) is 168 Å². The van der Waals surface area contributed by atoms with E-state index in [0.29, 0.717) is 82.1 Å². The fraction of sp³-hybridized carbons (Fsp3) is 0.545. The number of rotatable bonds is 10. The van der Waals surface area contributed by atoms with E-state index in [0.717, 1.165) is 33.8 Å². The molecule has 0 spiro atoms. The number of nitrogen functional groups attached to an aromatic ring is 1. The minimum atomic E-state index is -1.20. The van der Waals surface area contributed by atoms with E-state index in [1.807, 2.05) is 34.6 Å². The molecule has 5 heterocycles. The Morgan fingerprint density at radius 2 is 1.06 bits per heavy atom. The lowest BCUT2D eigenvalue weighted by molar-refractivity contribution is -0.770.